The Morgan fingerprint density at radius 3 is 1.70 bits per heavy atom. The van der Waals surface area contributed by atoms with Crippen LogP contribution in [0.2, 0.25) is 0 Å². The van der Waals surface area contributed by atoms with Crippen LogP contribution in [0.4, 0.5) is 17.1 Å². The summed E-state index contributed by atoms with van der Waals surface area (Å²) >= 11 is 0. The molecule has 256 valence electrons. The van der Waals surface area contributed by atoms with E-state index in [1.807, 2.05) is 0 Å². The zero-order valence-corrected chi connectivity index (χ0v) is 30.5. The Kier molecular flexibility index (Phi) is 7.56. The second-order valence-electron chi connectivity index (χ2n) is 15.0. The molecule has 0 fully saturated rings. The van der Waals surface area contributed by atoms with Gasteiger partial charge in [-0.05, 0) is 132 Å². The maximum absolute atomic E-state index is 2.42. The monoisotopic (exact) mass is 689 g/mol. The van der Waals surface area contributed by atoms with E-state index in [1.54, 1.807) is 0 Å². The number of nitrogens with zero attached hydrogens (tertiary/aromatic N) is 1. The third-order valence-corrected chi connectivity index (χ3v) is 11.4. The number of hydrogen-bond acceptors (Lipinski definition) is 1. The highest BCUT2D eigenvalue weighted by molar-refractivity contribution is 5.99. The first kappa shape index (κ1) is 32.0. The first-order valence-electron chi connectivity index (χ1n) is 18.8. The Balaban J connectivity index is 1.03. The summed E-state index contributed by atoms with van der Waals surface area (Å²) in [7, 11) is 0. The molecule has 10 rings (SSSR count). The SMILES string of the molecule is CC1(C)c2ccc(-c3ccc4cccc(-c5ccccc5)c4c3)cc2-c2ccc(N(c3ccccc3)c3ccc(-c4ccc5ccccc5c4)cc3)cc21. The number of para-hydroxylation sites is 1. The fraction of sp³-hybridized carbons (Fsp3) is 0.0566. The van der Waals surface area contributed by atoms with Crippen LogP contribution in [-0.2, 0) is 5.41 Å². The molecule has 54 heavy (non-hydrogen) atoms. The molecule has 0 heterocycles. The predicted molar refractivity (Wildman–Crippen MR) is 230 cm³/mol. The quantitative estimate of drug-likeness (QED) is 0.168. The molecular formula is C53H39N. The summed E-state index contributed by atoms with van der Waals surface area (Å²) in [4.78, 5) is 2.38. The van der Waals surface area contributed by atoms with Gasteiger partial charge in [-0.2, -0.15) is 0 Å². The van der Waals surface area contributed by atoms with E-state index in [4.69, 9.17) is 0 Å². The molecule has 1 aliphatic rings. The van der Waals surface area contributed by atoms with Crippen molar-refractivity contribution in [2.45, 2.75) is 19.3 Å². The van der Waals surface area contributed by atoms with Crippen LogP contribution in [0.15, 0.2) is 200 Å². The van der Waals surface area contributed by atoms with Gasteiger partial charge in [0.15, 0.2) is 0 Å². The van der Waals surface area contributed by atoms with E-state index in [0.29, 0.717) is 0 Å². The topological polar surface area (TPSA) is 3.24 Å². The summed E-state index contributed by atoms with van der Waals surface area (Å²) in [5.74, 6) is 0. The van der Waals surface area contributed by atoms with Crippen molar-refractivity contribution in [2.24, 2.45) is 0 Å². The third-order valence-electron chi connectivity index (χ3n) is 11.4. The van der Waals surface area contributed by atoms with E-state index in [0.717, 1.165) is 17.1 Å². The van der Waals surface area contributed by atoms with Gasteiger partial charge in [0.1, 0.15) is 0 Å². The number of benzene rings is 9. The highest BCUT2D eigenvalue weighted by atomic mass is 15.1. The van der Waals surface area contributed by atoms with Gasteiger partial charge in [-0.1, -0.05) is 159 Å². The minimum atomic E-state index is -0.147. The third kappa shape index (κ3) is 5.40. The minimum absolute atomic E-state index is 0.147. The maximum atomic E-state index is 2.42. The van der Waals surface area contributed by atoms with Crippen LogP contribution in [0.3, 0.4) is 0 Å². The second-order valence-corrected chi connectivity index (χ2v) is 15.0. The predicted octanol–water partition coefficient (Wildman–Crippen LogP) is 14.8. The molecule has 0 aromatic heterocycles. The minimum Gasteiger partial charge on any atom is -0.310 e. The van der Waals surface area contributed by atoms with Crippen molar-refractivity contribution in [1.29, 1.82) is 0 Å². The van der Waals surface area contributed by atoms with Gasteiger partial charge in [0.05, 0.1) is 0 Å². The Bertz CT molecular complexity index is 2830. The fourth-order valence-corrected chi connectivity index (χ4v) is 8.58. The zero-order valence-electron chi connectivity index (χ0n) is 30.5. The van der Waals surface area contributed by atoms with E-state index in [2.05, 4.69) is 219 Å². The van der Waals surface area contributed by atoms with Gasteiger partial charge in [-0.3, -0.25) is 0 Å². The van der Waals surface area contributed by atoms with Crippen LogP contribution < -0.4 is 4.90 Å². The summed E-state index contributed by atoms with van der Waals surface area (Å²) in [6.45, 7) is 4.74. The largest absolute Gasteiger partial charge is 0.310 e. The Morgan fingerprint density at radius 2 is 0.907 bits per heavy atom. The molecule has 1 aliphatic carbocycles. The van der Waals surface area contributed by atoms with Crippen LogP contribution in [0.1, 0.15) is 25.0 Å². The molecular weight excluding hydrogens is 651 g/mol. The molecule has 0 radical (unpaired) electrons. The lowest BCUT2D eigenvalue weighted by atomic mass is 9.82. The molecule has 0 spiro atoms. The smallest absolute Gasteiger partial charge is 0.0465 e. The Labute approximate surface area is 317 Å². The molecule has 0 bridgehead atoms. The summed E-state index contributed by atoms with van der Waals surface area (Å²) in [6, 6.07) is 73.4. The molecule has 0 unspecified atom stereocenters. The molecule has 9 aromatic carbocycles. The van der Waals surface area contributed by atoms with Crippen molar-refractivity contribution in [3.05, 3.63) is 211 Å². The van der Waals surface area contributed by atoms with Crippen LogP contribution in [0.5, 0.6) is 0 Å². The standard InChI is InChI=1S/C53H39N/c1-53(2)51-31-26-43(42-23-21-39-16-11-19-47(49(39)33-42)38-13-5-3-6-14-38)34-50(51)48-30-29-46(35-52(48)53)54(44-17-7-4-8-18-44)45-27-24-37(25-28-45)41-22-20-36-12-9-10-15-40(36)32-41/h3-35H,1-2H3. The fourth-order valence-electron chi connectivity index (χ4n) is 8.58. The van der Waals surface area contributed by atoms with Gasteiger partial charge in [-0.25, -0.2) is 0 Å². The Morgan fingerprint density at radius 1 is 0.315 bits per heavy atom. The Hall–Kier alpha value is -6.70. The van der Waals surface area contributed by atoms with Crippen molar-refractivity contribution in [3.63, 3.8) is 0 Å². The molecule has 0 atom stereocenters. The van der Waals surface area contributed by atoms with Crippen molar-refractivity contribution >= 4 is 38.6 Å². The number of hydrogen-bond donors (Lipinski definition) is 0. The lowest BCUT2D eigenvalue weighted by Gasteiger charge is -2.28. The van der Waals surface area contributed by atoms with E-state index >= 15 is 0 Å². The molecule has 0 N–H and O–H groups in total. The number of fused-ring (bicyclic) bond motifs is 5. The van der Waals surface area contributed by atoms with Gasteiger partial charge >= 0.3 is 0 Å². The van der Waals surface area contributed by atoms with Crippen LogP contribution in [0.25, 0.3) is 66.1 Å². The summed E-state index contributed by atoms with van der Waals surface area (Å²) < 4.78 is 0. The molecule has 0 aliphatic heterocycles. The van der Waals surface area contributed by atoms with Gasteiger partial charge in [0.2, 0.25) is 0 Å². The zero-order chi connectivity index (χ0) is 36.2. The average Bonchev–Trinajstić information content (AvgIpc) is 3.46. The average molecular weight is 690 g/mol. The first-order chi connectivity index (χ1) is 26.5. The normalized spacial score (nSPS) is 12.8. The van der Waals surface area contributed by atoms with E-state index < -0.39 is 0 Å². The molecule has 1 heteroatoms. The number of rotatable bonds is 6. The highest BCUT2D eigenvalue weighted by Crippen LogP contribution is 2.52. The van der Waals surface area contributed by atoms with Crippen molar-refractivity contribution in [1.82, 2.24) is 0 Å². The van der Waals surface area contributed by atoms with Gasteiger partial charge < -0.3 is 4.90 Å². The van der Waals surface area contributed by atoms with Crippen LogP contribution >= 0.6 is 0 Å². The summed E-state index contributed by atoms with van der Waals surface area (Å²) in [5, 5.41) is 5.05. The summed E-state index contributed by atoms with van der Waals surface area (Å²) in [6.07, 6.45) is 0. The lowest BCUT2D eigenvalue weighted by molar-refractivity contribution is 0.660. The van der Waals surface area contributed by atoms with E-state index in [1.165, 1.54) is 77.2 Å². The summed E-state index contributed by atoms with van der Waals surface area (Å²) in [5.41, 5.74) is 16.0. The number of anilines is 3. The van der Waals surface area contributed by atoms with Gasteiger partial charge in [0.25, 0.3) is 0 Å². The molecule has 9 aromatic rings. The lowest BCUT2D eigenvalue weighted by Crippen LogP contribution is -2.16. The van der Waals surface area contributed by atoms with Crippen molar-refractivity contribution in [3.8, 4) is 44.5 Å². The molecule has 0 saturated carbocycles. The molecule has 1 nitrogen and oxygen atoms in total. The van der Waals surface area contributed by atoms with E-state index in [-0.39, 0.29) is 5.41 Å². The van der Waals surface area contributed by atoms with Gasteiger partial charge in [-0.15, -0.1) is 0 Å². The first-order valence-corrected chi connectivity index (χ1v) is 18.8. The molecule has 0 amide bonds. The van der Waals surface area contributed by atoms with Crippen LogP contribution in [0, 0.1) is 0 Å². The maximum Gasteiger partial charge on any atom is 0.0465 e. The van der Waals surface area contributed by atoms with Gasteiger partial charge in [0, 0.05) is 22.5 Å². The highest BCUT2D eigenvalue weighted by Gasteiger charge is 2.36. The second kappa shape index (κ2) is 12.8. The van der Waals surface area contributed by atoms with E-state index in [9.17, 15) is 0 Å². The van der Waals surface area contributed by atoms with Crippen molar-refractivity contribution < 1.29 is 0 Å². The molecule has 0 saturated heterocycles. The van der Waals surface area contributed by atoms with Crippen molar-refractivity contribution in [2.75, 3.05) is 4.90 Å². The van der Waals surface area contributed by atoms with Crippen LogP contribution in [-0.4, -0.2) is 0 Å².